The lowest BCUT2D eigenvalue weighted by Gasteiger charge is -2.25. The van der Waals surface area contributed by atoms with Crippen LogP contribution in [-0.2, 0) is 9.53 Å². The largest absolute Gasteiger partial charge is 0.493 e. The Bertz CT molecular complexity index is 1800. The zero-order chi connectivity index (χ0) is 28.4. The minimum Gasteiger partial charge on any atom is -0.493 e. The first-order valence-corrected chi connectivity index (χ1v) is 14.2. The number of methoxy groups -OCH3 is 2. The van der Waals surface area contributed by atoms with Crippen LogP contribution in [0.5, 0.6) is 11.5 Å². The average molecular weight is 671 g/mol. The molecular weight excluding hydrogens is 646 g/mol. The van der Waals surface area contributed by atoms with Gasteiger partial charge in [0.05, 0.1) is 46.2 Å². The third-order valence-electron chi connectivity index (χ3n) is 6.31. The Hall–Kier alpha value is -3.77. The molecule has 0 N–H and O–H groups in total. The van der Waals surface area contributed by atoms with Crippen molar-refractivity contribution in [1.82, 2.24) is 4.57 Å². The van der Waals surface area contributed by atoms with Crippen molar-refractivity contribution >= 4 is 51.7 Å². The topological polar surface area (TPSA) is 79.1 Å². The van der Waals surface area contributed by atoms with E-state index in [1.807, 2.05) is 36.4 Å². The molecule has 204 valence electrons. The fraction of sp³-hybridized carbons (Fsp3) is 0.167. The molecule has 2 heterocycles. The van der Waals surface area contributed by atoms with Gasteiger partial charge < -0.3 is 14.2 Å². The van der Waals surface area contributed by atoms with E-state index in [-0.39, 0.29) is 17.7 Å². The van der Waals surface area contributed by atoms with E-state index in [0.717, 1.165) is 9.13 Å². The van der Waals surface area contributed by atoms with Gasteiger partial charge in [-0.3, -0.25) is 9.36 Å². The Balaban J connectivity index is 1.81. The van der Waals surface area contributed by atoms with Gasteiger partial charge in [0.25, 0.3) is 5.56 Å². The number of nitrogens with zero attached hydrogens (tertiary/aromatic N) is 2. The fourth-order valence-electron chi connectivity index (χ4n) is 4.57. The summed E-state index contributed by atoms with van der Waals surface area (Å²) in [6.07, 6.45) is 1.76. The first-order chi connectivity index (χ1) is 19.4. The van der Waals surface area contributed by atoms with Crippen molar-refractivity contribution in [2.24, 2.45) is 4.99 Å². The second-order valence-electron chi connectivity index (χ2n) is 8.72. The standard InChI is InChI=1S/C30H24FIN2O5S/c1-4-39-29(36)24-25(18-8-6-5-7-9-18)33-30-34(26(24)19-10-12-20(31)13-11-19)28(35)23(40-30)16-17-14-21(32)27(38-3)22(15-17)37-2/h5-16,26H,4H2,1-3H3/b23-16-/t26-/m1/s1. The maximum Gasteiger partial charge on any atom is 0.338 e. The molecule has 0 saturated heterocycles. The summed E-state index contributed by atoms with van der Waals surface area (Å²) in [5.74, 6) is 0.116. The molecule has 1 atom stereocenters. The molecule has 1 aliphatic rings. The van der Waals surface area contributed by atoms with Crippen LogP contribution in [0.25, 0.3) is 11.8 Å². The minimum absolute atomic E-state index is 0.142. The van der Waals surface area contributed by atoms with Crippen molar-refractivity contribution in [3.05, 3.63) is 118 Å². The number of benzene rings is 3. The lowest BCUT2D eigenvalue weighted by Crippen LogP contribution is -2.40. The van der Waals surface area contributed by atoms with Gasteiger partial charge in [0.1, 0.15) is 5.82 Å². The molecule has 1 aromatic heterocycles. The predicted octanol–water partition coefficient (Wildman–Crippen LogP) is 4.70. The summed E-state index contributed by atoms with van der Waals surface area (Å²) in [5, 5.41) is 0. The molecule has 5 rings (SSSR count). The van der Waals surface area contributed by atoms with Gasteiger partial charge >= 0.3 is 5.97 Å². The van der Waals surface area contributed by atoms with Gasteiger partial charge in [0, 0.05) is 5.56 Å². The van der Waals surface area contributed by atoms with Gasteiger partial charge in [-0.2, -0.15) is 0 Å². The Morgan fingerprint density at radius 3 is 2.48 bits per heavy atom. The monoisotopic (exact) mass is 670 g/mol. The SMILES string of the molecule is CCOC(=O)C1=C(c2ccccc2)N=c2s/c(=C\c3cc(I)c(OC)c(OC)c3)c(=O)n2[C@@H]1c1ccc(F)cc1. The van der Waals surface area contributed by atoms with Crippen molar-refractivity contribution in [3.8, 4) is 11.5 Å². The zero-order valence-corrected chi connectivity index (χ0v) is 24.8. The van der Waals surface area contributed by atoms with Gasteiger partial charge in [0.15, 0.2) is 16.3 Å². The summed E-state index contributed by atoms with van der Waals surface area (Å²) in [4.78, 5) is 32.7. The van der Waals surface area contributed by atoms with Crippen molar-refractivity contribution in [2.75, 3.05) is 20.8 Å². The number of thiazole rings is 1. The number of hydrogen-bond donors (Lipinski definition) is 0. The van der Waals surface area contributed by atoms with E-state index in [9.17, 15) is 14.0 Å². The highest BCUT2D eigenvalue weighted by atomic mass is 127. The third kappa shape index (κ3) is 5.20. The van der Waals surface area contributed by atoms with Gasteiger partial charge in [-0.1, -0.05) is 53.8 Å². The Labute approximate surface area is 247 Å². The Morgan fingerprint density at radius 2 is 1.82 bits per heavy atom. The van der Waals surface area contributed by atoms with Crippen LogP contribution >= 0.6 is 33.9 Å². The van der Waals surface area contributed by atoms with E-state index in [2.05, 4.69) is 22.6 Å². The van der Waals surface area contributed by atoms with E-state index in [0.29, 0.717) is 37.7 Å². The quantitative estimate of drug-likeness (QED) is 0.211. The average Bonchev–Trinajstić information content (AvgIpc) is 3.27. The van der Waals surface area contributed by atoms with Crippen LogP contribution in [0, 0.1) is 9.39 Å². The van der Waals surface area contributed by atoms with Crippen molar-refractivity contribution < 1.29 is 23.4 Å². The third-order valence-corrected chi connectivity index (χ3v) is 8.10. The number of carbonyl (C=O) groups excluding carboxylic acids is 1. The van der Waals surface area contributed by atoms with Crippen molar-refractivity contribution in [1.29, 1.82) is 0 Å². The van der Waals surface area contributed by atoms with Crippen LogP contribution in [0.1, 0.15) is 29.7 Å². The van der Waals surface area contributed by atoms with Crippen LogP contribution in [0.2, 0.25) is 0 Å². The highest BCUT2D eigenvalue weighted by Gasteiger charge is 2.35. The number of ether oxygens (including phenoxy) is 3. The fourth-order valence-corrected chi connectivity index (χ4v) is 6.42. The number of carbonyl (C=O) groups is 1. The molecular formula is C30H24FIN2O5S. The lowest BCUT2D eigenvalue weighted by molar-refractivity contribution is -0.138. The first-order valence-electron chi connectivity index (χ1n) is 12.3. The normalized spacial score (nSPS) is 14.9. The van der Waals surface area contributed by atoms with Crippen LogP contribution in [-0.4, -0.2) is 31.4 Å². The summed E-state index contributed by atoms with van der Waals surface area (Å²) in [5.41, 5.74) is 2.27. The maximum atomic E-state index is 14.0. The number of aromatic nitrogens is 1. The van der Waals surface area contributed by atoms with Gasteiger partial charge in [0.2, 0.25) is 0 Å². The van der Waals surface area contributed by atoms with E-state index in [1.54, 1.807) is 45.4 Å². The molecule has 0 bridgehead atoms. The van der Waals surface area contributed by atoms with Crippen LogP contribution < -0.4 is 24.4 Å². The van der Waals surface area contributed by atoms with Gasteiger partial charge in [-0.15, -0.1) is 0 Å². The molecule has 4 aromatic rings. The Morgan fingerprint density at radius 1 is 1.10 bits per heavy atom. The lowest BCUT2D eigenvalue weighted by atomic mass is 9.93. The van der Waals surface area contributed by atoms with E-state index in [4.69, 9.17) is 19.2 Å². The Kier molecular flexibility index (Phi) is 8.17. The molecule has 7 nitrogen and oxygen atoms in total. The number of rotatable bonds is 7. The summed E-state index contributed by atoms with van der Waals surface area (Å²) in [6.45, 7) is 1.86. The second kappa shape index (κ2) is 11.8. The van der Waals surface area contributed by atoms with Gasteiger partial charge in [-0.25, -0.2) is 14.2 Å². The highest BCUT2D eigenvalue weighted by Crippen LogP contribution is 2.36. The summed E-state index contributed by atoms with van der Waals surface area (Å²) >= 11 is 3.36. The van der Waals surface area contributed by atoms with Crippen LogP contribution in [0.15, 0.2) is 82.1 Å². The van der Waals surface area contributed by atoms with Gasteiger partial charge in [-0.05, 0) is 71.0 Å². The van der Waals surface area contributed by atoms with E-state index in [1.165, 1.54) is 28.0 Å². The first kappa shape index (κ1) is 27.8. The van der Waals surface area contributed by atoms with Crippen LogP contribution in [0.4, 0.5) is 4.39 Å². The zero-order valence-electron chi connectivity index (χ0n) is 21.8. The number of esters is 1. The number of fused-ring (bicyclic) bond motifs is 1. The number of hydrogen-bond acceptors (Lipinski definition) is 7. The molecule has 0 radical (unpaired) electrons. The highest BCUT2D eigenvalue weighted by molar-refractivity contribution is 14.1. The molecule has 0 amide bonds. The molecule has 1 aliphatic heterocycles. The second-order valence-corrected chi connectivity index (χ2v) is 10.9. The molecule has 3 aromatic carbocycles. The van der Waals surface area contributed by atoms with E-state index < -0.39 is 17.8 Å². The molecule has 10 heteroatoms. The van der Waals surface area contributed by atoms with Crippen molar-refractivity contribution in [3.63, 3.8) is 0 Å². The summed E-state index contributed by atoms with van der Waals surface area (Å²) in [7, 11) is 3.12. The molecule has 0 spiro atoms. The van der Waals surface area contributed by atoms with E-state index >= 15 is 0 Å². The molecule has 40 heavy (non-hydrogen) atoms. The predicted molar refractivity (Wildman–Crippen MR) is 160 cm³/mol. The molecule has 0 saturated carbocycles. The smallest absolute Gasteiger partial charge is 0.338 e. The minimum atomic E-state index is -0.876. The van der Waals surface area contributed by atoms with Crippen LogP contribution in [0.3, 0.4) is 0 Å². The maximum absolute atomic E-state index is 14.0. The summed E-state index contributed by atoms with van der Waals surface area (Å²) < 4.78 is 33.0. The van der Waals surface area contributed by atoms with Crippen molar-refractivity contribution in [2.45, 2.75) is 13.0 Å². The molecule has 0 fully saturated rings. The summed E-state index contributed by atoms with van der Waals surface area (Å²) in [6, 6.07) is 17.8. The number of halogens is 2. The molecule has 0 unspecified atom stereocenters. The molecule has 0 aliphatic carbocycles.